The van der Waals surface area contributed by atoms with Crippen molar-refractivity contribution in [3.8, 4) is 0 Å². The predicted molar refractivity (Wildman–Crippen MR) is 144 cm³/mol. The molecule has 1 N–H and O–H groups in total. The van der Waals surface area contributed by atoms with E-state index in [2.05, 4.69) is 23.8 Å². The number of rotatable bonds is 6. The third kappa shape index (κ3) is 7.04. The number of nitrogens with zero attached hydrogens (tertiary/aromatic N) is 3. The number of carbonyl (C=O) groups excluding carboxylic acids is 1. The van der Waals surface area contributed by atoms with Crippen LogP contribution in [0.25, 0.3) is 12.2 Å². The van der Waals surface area contributed by atoms with Gasteiger partial charge in [0.25, 0.3) is 0 Å². The highest BCUT2D eigenvalue weighted by molar-refractivity contribution is 6.30. The monoisotopic (exact) mass is 511 g/mol. The molecule has 0 aromatic heterocycles. The van der Waals surface area contributed by atoms with E-state index in [0.29, 0.717) is 24.4 Å². The zero-order chi connectivity index (χ0) is 25.7. The summed E-state index contributed by atoms with van der Waals surface area (Å²) in [7, 11) is 2.06. The second-order valence-corrected chi connectivity index (χ2v) is 10.5. The van der Waals surface area contributed by atoms with Gasteiger partial charge < -0.3 is 14.9 Å². The molecule has 1 atom stereocenters. The van der Waals surface area contributed by atoms with Crippen molar-refractivity contribution in [1.29, 1.82) is 0 Å². The lowest BCUT2D eigenvalue weighted by atomic mass is 9.90. The molecule has 2 aliphatic heterocycles. The number of halogens is 2. The van der Waals surface area contributed by atoms with E-state index in [1.165, 1.54) is 12.1 Å². The van der Waals surface area contributed by atoms with Gasteiger partial charge in [-0.2, -0.15) is 0 Å². The van der Waals surface area contributed by atoms with Crippen LogP contribution in [0.15, 0.2) is 54.6 Å². The predicted octanol–water partition coefficient (Wildman–Crippen LogP) is 4.70. The minimum atomic E-state index is -0.825. The van der Waals surface area contributed by atoms with Crippen LogP contribution in [0.4, 0.5) is 4.39 Å². The standard InChI is InChI=1S/C29H35ClFN3O2/c1-22-20-33(21-23-3-8-27(31)9-4-23)17-18-34(22)28(35)10-6-24-5-7-26(30)19-25(24)11-12-29(36)13-15-32(2)16-14-29/h3-12,19,22,36H,13-18,20-21H2,1-2H3/t22-/m1/s1. The van der Waals surface area contributed by atoms with Crippen LogP contribution in [0.5, 0.6) is 0 Å². The second-order valence-electron chi connectivity index (χ2n) is 10.1. The molecule has 0 bridgehead atoms. The number of carbonyl (C=O) groups is 1. The third-order valence-corrected chi connectivity index (χ3v) is 7.43. The van der Waals surface area contributed by atoms with Gasteiger partial charge in [-0.15, -0.1) is 0 Å². The van der Waals surface area contributed by atoms with Crippen LogP contribution in [-0.2, 0) is 11.3 Å². The van der Waals surface area contributed by atoms with Gasteiger partial charge in [-0.3, -0.25) is 9.69 Å². The molecule has 2 fully saturated rings. The molecule has 0 aliphatic carbocycles. The van der Waals surface area contributed by atoms with Crippen LogP contribution in [0.2, 0.25) is 5.02 Å². The Labute approximate surface area is 218 Å². The van der Waals surface area contributed by atoms with E-state index in [9.17, 15) is 14.3 Å². The van der Waals surface area contributed by atoms with Gasteiger partial charge in [0.05, 0.1) is 5.60 Å². The highest BCUT2D eigenvalue weighted by atomic mass is 35.5. The largest absolute Gasteiger partial charge is 0.386 e. The average Bonchev–Trinajstić information content (AvgIpc) is 2.85. The molecule has 2 aromatic rings. The molecular formula is C29H35ClFN3O2. The number of hydrogen-bond acceptors (Lipinski definition) is 4. The SMILES string of the molecule is C[C@@H]1CN(Cc2ccc(F)cc2)CCN1C(=O)C=Cc1ccc(Cl)cc1C=CC1(O)CCN(C)CC1. The number of benzene rings is 2. The Bertz CT molecular complexity index is 1110. The van der Waals surface area contributed by atoms with Gasteiger partial charge >= 0.3 is 0 Å². The Morgan fingerprint density at radius 2 is 1.81 bits per heavy atom. The molecule has 2 aliphatic rings. The summed E-state index contributed by atoms with van der Waals surface area (Å²) in [5, 5.41) is 11.5. The molecule has 2 aromatic carbocycles. The molecular weight excluding hydrogens is 477 g/mol. The number of aliphatic hydroxyl groups is 1. The van der Waals surface area contributed by atoms with Crippen LogP contribution >= 0.6 is 11.6 Å². The molecule has 7 heteroatoms. The Balaban J connectivity index is 1.39. The topological polar surface area (TPSA) is 47.0 Å². The van der Waals surface area contributed by atoms with Crippen molar-refractivity contribution in [2.45, 2.75) is 38.0 Å². The van der Waals surface area contributed by atoms with E-state index in [1.807, 2.05) is 53.5 Å². The van der Waals surface area contributed by atoms with Gasteiger partial charge in [0.1, 0.15) is 5.82 Å². The molecule has 2 heterocycles. The molecule has 4 rings (SSSR count). The van der Waals surface area contributed by atoms with Crippen LogP contribution in [0.1, 0.15) is 36.5 Å². The minimum absolute atomic E-state index is 0.0252. The van der Waals surface area contributed by atoms with E-state index < -0.39 is 5.60 Å². The Kier molecular flexibility index (Phi) is 8.62. The molecule has 1 amide bonds. The first-order valence-electron chi connectivity index (χ1n) is 12.6. The maximum absolute atomic E-state index is 13.2. The lowest BCUT2D eigenvalue weighted by molar-refractivity contribution is -0.130. The molecule has 2 saturated heterocycles. The summed E-state index contributed by atoms with van der Waals surface area (Å²) < 4.78 is 13.2. The minimum Gasteiger partial charge on any atom is -0.386 e. The van der Waals surface area contributed by atoms with Crippen molar-refractivity contribution in [3.63, 3.8) is 0 Å². The Morgan fingerprint density at radius 1 is 1.08 bits per heavy atom. The molecule has 0 unspecified atom stereocenters. The first-order chi connectivity index (χ1) is 17.2. The molecule has 0 radical (unpaired) electrons. The number of piperidine rings is 1. The van der Waals surface area contributed by atoms with E-state index in [1.54, 1.807) is 6.08 Å². The summed E-state index contributed by atoms with van der Waals surface area (Å²) in [6.45, 7) is 6.68. The Hall–Kier alpha value is -2.51. The van der Waals surface area contributed by atoms with Crippen LogP contribution < -0.4 is 0 Å². The zero-order valence-corrected chi connectivity index (χ0v) is 21.8. The van der Waals surface area contributed by atoms with Gasteiger partial charge in [0.15, 0.2) is 0 Å². The summed E-state index contributed by atoms with van der Waals surface area (Å²) in [5.41, 5.74) is 1.99. The smallest absolute Gasteiger partial charge is 0.246 e. The van der Waals surface area contributed by atoms with Gasteiger partial charge in [-0.1, -0.05) is 42.0 Å². The normalized spacial score (nSPS) is 21.5. The molecule has 0 spiro atoms. The van der Waals surface area contributed by atoms with Gasteiger partial charge in [-0.05, 0) is 73.8 Å². The van der Waals surface area contributed by atoms with Crippen molar-refractivity contribution in [1.82, 2.24) is 14.7 Å². The first-order valence-corrected chi connectivity index (χ1v) is 12.9. The molecule has 36 heavy (non-hydrogen) atoms. The molecule has 0 saturated carbocycles. The lowest BCUT2D eigenvalue weighted by Gasteiger charge is -2.39. The third-order valence-electron chi connectivity index (χ3n) is 7.19. The number of amides is 1. The fourth-order valence-electron chi connectivity index (χ4n) is 4.87. The summed E-state index contributed by atoms with van der Waals surface area (Å²) in [5.74, 6) is -0.255. The summed E-state index contributed by atoms with van der Waals surface area (Å²) in [6.07, 6.45) is 8.61. The first kappa shape index (κ1) is 26.6. The van der Waals surface area contributed by atoms with Crippen LogP contribution in [-0.4, -0.2) is 77.1 Å². The Morgan fingerprint density at radius 3 is 2.50 bits per heavy atom. The maximum Gasteiger partial charge on any atom is 0.246 e. The summed E-state index contributed by atoms with van der Waals surface area (Å²) >= 11 is 6.25. The average molecular weight is 512 g/mol. The number of likely N-dealkylation sites (tertiary alicyclic amines) is 1. The van der Waals surface area contributed by atoms with Crippen molar-refractivity contribution in [2.75, 3.05) is 39.8 Å². The van der Waals surface area contributed by atoms with E-state index in [-0.39, 0.29) is 17.8 Å². The zero-order valence-electron chi connectivity index (χ0n) is 21.0. The quantitative estimate of drug-likeness (QED) is 0.571. The second kappa shape index (κ2) is 11.7. The fraction of sp³-hybridized carbons (Fsp3) is 0.414. The van der Waals surface area contributed by atoms with Gasteiger partial charge in [-0.25, -0.2) is 4.39 Å². The maximum atomic E-state index is 13.2. The highest BCUT2D eigenvalue weighted by Gasteiger charge is 2.28. The van der Waals surface area contributed by atoms with E-state index in [0.717, 1.165) is 49.4 Å². The molecule has 5 nitrogen and oxygen atoms in total. The van der Waals surface area contributed by atoms with Crippen molar-refractivity contribution >= 4 is 29.7 Å². The number of piperazine rings is 1. The number of hydrogen-bond donors (Lipinski definition) is 1. The fourth-order valence-corrected chi connectivity index (χ4v) is 5.05. The van der Waals surface area contributed by atoms with Crippen molar-refractivity contribution < 1.29 is 14.3 Å². The molecule has 192 valence electrons. The van der Waals surface area contributed by atoms with Gasteiger partial charge in [0, 0.05) is 56.4 Å². The van der Waals surface area contributed by atoms with Crippen LogP contribution in [0, 0.1) is 5.82 Å². The summed E-state index contributed by atoms with van der Waals surface area (Å²) in [6, 6.07) is 12.2. The van der Waals surface area contributed by atoms with E-state index >= 15 is 0 Å². The lowest BCUT2D eigenvalue weighted by Crippen LogP contribution is -2.53. The highest BCUT2D eigenvalue weighted by Crippen LogP contribution is 2.26. The van der Waals surface area contributed by atoms with Crippen molar-refractivity contribution in [3.05, 3.63) is 82.1 Å². The summed E-state index contributed by atoms with van der Waals surface area (Å²) in [4.78, 5) is 19.4. The van der Waals surface area contributed by atoms with Crippen molar-refractivity contribution in [2.24, 2.45) is 0 Å². The van der Waals surface area contributed by atoms with Gasteiger partial charge in [0.2, 0.25) is 5.91 Å². The van der Waals surface area contributed by atoms with Crippen LogP contribution in [0.3, 0.4) is 0 Å². The van der Waals surface area contributed by atoms with E-state index in [4.69, 9.17) is 11.6 Å².